The molecule has 0 N–H and O–H groups in total. The third kappa shape index (κ3) is 7.63. The van der Waals surface area contributed by atoms with Crippen LogP contribution >= 0.6 is 0 Å². The monoisotopic (exact) mass is 555 g/mol. The Balaban J connectivity index is 1.20. The Morgan fingerprint density at radius 3 is 2.63 bits per heavy atom. The van der Waals surface area contributed by atoms with Crippen LogP contribution in [0.1, 0.15) is 54.9 Å². The Morgan fingerprint density at radius 2 is 1.80 bits per heavy atom. The highest BCUT2D eigenvalue weighted by atomic mass is 19.1. The average Bonchev–Trinajstić information content (AvgIpc) is 3.08. The summed E-state index contributed by atoms with van der Waals surface area (Å²) < 4.78 is 21.2. The number of carbonyl (C=O) groups is 1. The maximum atomic E-state index is 13.5. The number of aryl methyl sites for hydroxylation is 1. The number of methoxy groups -OCH3 is 1. The predicted molar refractivity (Wildman–Crippen MR) is 165 cm³/mol. The molecule has 2 aliphatic rings. The molecule has 2 aromatic carbocycles. The SMILES string of the molecule is COc1cccc2c(C(=O)CCC3=CC(C)=CC=CC3)cn(CCCN3CCCN(Cc4ccc(F)cc4)CC3)c12. The quantitative estimate of drug-likeness (QED) is 0.235. The van der Waals surface area contributed by atoms with Crippen LogP contribution in [0.5, 0.6) is 5.75 Å². The van der Waals surface area contributed by atoms with E-state index in [1.54, 1.807) is 19.2 Å². The third-order valence-corrected chi connectivity index (χ3v) is 8.24. The van der Waals surface area contributed by atoms with E-state index in [1.165, 1.54) is 11.1 Å². The number of rotatable bonds is 11. The van der Waals surface area contributed by atoms with E-state index in [9.17, 15) is 9.18 Å². The fourth-order valence-electron chi connectivity index (χ4n) is 6.06. The number of ether oxygens (including phenoxy) is 1. The standard InChI is InChI=1S/C35H42FN3O2/c1-27-8-3-4-9-28(24-27)14-17-33(40)32-26-39(35-31(32)10-5-11-34(35)41-2)21-7-19-37-18-6-20-38(23-22-37)25-29-12-15-30(36)16-13-29/h3-5,8,10-13,15-16,24,26H,6-7,9,14,17-23,25H2,1-2H3. The number of hydrogen-bond donors (Lipinski definition) is 0. The largest absolute Gasteiger partial charge is 0.495 e. The first kappa shape index (κ1) is 29.0. The number of carbonyl (C=O) groups excluding carboxylic acids is 1. The summed E-state index contributed by atoms with van der Waals surface area (Å²) in [6, 6.07) is 12.9. The van der Waals surface area contributed by atoms with Crippen LogP contribution in [0.25, 0.3) is 10.9 Å². The summed E-state index contributed by atoms with van der Waals surface area (Å²) in [7, 11) is 1.70. The molecule has 0 saturated carbocycles. The Labute approximate surface area is 243 Å². The molecule has 1 aliphatic heterocycles. The van der Waals surface area contributed by atoms with Gasteiger partial charge in [0.1, 0.15) is 11.6 Å². The fourth-order valence-corrected chi connectivity index (χ4v) is 6.06. The van der Waals surface area contributed by atoms with Crippen molar-refractivity contribution in [2.75, 3.05) is 39.8 Å². The van der Waals surface area contributed by atoms with E-state index in [0.29, 0.717) is 6.42 Å². The van der Waals surface area contributed by atoms with E-state index in [4.69, 9.17) is 4.74 Å². The van der Waals surface area contributed by atoms with Crippen molar-refractivity contribution in [2.45, 2.75) is 52.1 Å². The number of ketones is 1. The van der Waals surface area contributed by atoms with Gasteiger partial charge in [-0.1, -0.05) is 59.7 Å². The highest BCUT2D eigenvalue weighted by molar-refractivity contribution is 6.09. The first-order chi connectivity index (χ1) is 20.0. The second kappa shape index (κ2) is 13.9. The van der Waals surface area contributed by atoms with E-state index < -0.39 is 0 Å². The van der Waals surface area contributed by atoms with Gasteiger partial charge in [-0.15, -0.1) is 0 Å². The minimum Gasteiger partial charge on any atom is -0.495 e. The van der Waals surface area contributed by atoms with Crippen LogP contribution in [0, 0.1) is 5.82 Å². The lowest BCUT2D eigenvalue weighted by Crippen LogP contribution is -2.31. The van der Waals surface area contributed by atoms with Crippen molar-refractivity contribution in [1.29, 1.82) is 0 Å². The van der Waals surface area contributed by atoms with Gasteiger partial charge in [-0.25, -0.2) is 4.39 Å². The minimum atomic E-state index is -0.182. The summed E-state index contributed by atoms with van der Waals surface area (Å²) in [5, 5.41) is 0.978. The predicted octanol–water partition coefficient (Wildman–Crippen LogP) is 7.18. The molecule has 0 amide bonds. The summed E-state index contributed by atoms with van der Waals surface area (Å²) in [6.45, 7) is 8.99. The molecule has 0 radical (unpaired) electrons. The first-order valence-electron chi connectivity index (χ1n) is 14.9. The Kier molecular flexibility index (Phi) is 9.86. The number of nitrogens with zero attached hydrogens (tertiary/aromatic N) is 3. The summed E-state index contributed by atoms with van der Waals surface area (Å²) >= 11 is 0. The second-order valence-electron chi connectivity index (χ2n) is 11.3. The van der Waals surface area contributed by atoms with Crippen molar-refractivity contribution in [3.8, 4) is 5.75 Å². The second-order valence-corrected chi connectivity index (χ2v) is 11.3. The molecular weight excluding hydrogens is 513 g/mol. The van der Waals surface area contributed by atoms with Crippen LogP contribution in [-0.2, 0) is 13.1 Å². The summed E-state index contributed by atoms with van der Waals surface area (Å²) in [5.74, 6) is 0.815. The normalized spacial score (nSPS) is 16.8. The maximum absolute atomic E-state index is 13.5. The number of benzene rings is 2. The van der Waals surface area contributed by atoms with Crippen LogP contribution in [0.2, 0.25) is 0 Å². The van der Waals surface area contributed by atoms with E-state index >= 15 is 0 Å². The molecule has 5 nitrogen and oxygen atoms in total. The highest BCUT2D eigenvalue weighted by Gasteiger charge is 2.19. The average molecular weight is 556 g/mol. The first-order valence-corrected chi connectivity index (χ1v) is 14.9. The maximum Gasteiger partial charge on any atom is 0.165 e. The lowest BCUT2D eigenvalue weighted by atomic mass is 9.99. The van der Waals surface area contributed by atoms with Crippen molar-refractivity contribution in [1.82, 2.24) is 14.4 Å². The minimum absolute atomic E-state index is 0.182. The molecule has 2 heterocycles. The summed E-state index contributed by atoms with van der Waals surface area (Å²) in [6.07, 6.45) is 14.9. The number of para-hydroxylation sites is 1. The van der Waals surface area contributed by atoms with Crippen LogP contribution < -0.4 is 4.74 Å². The van der Waals surface area contributed by atoms with Crippen LogP contribution in [0.15, 0.2) is 84.1 Å². The number of fused-ring (bicyclic) bond motifs is 1. The molecule has 0 unspecified atom stereocenters. The van der Waals surface area contributed by atoms with Gasteiger partial charge in [0, 0.05) is 49.7 Å². The number of halogens is 1. The molecule has 6 heteroatoms. The zero-order valence-corrected chi connectivity index (χ0v) is 24.4. The molecule has 3 aromatic rings. The van der Waals surface area contributed by atoms with E-state index in [0.717, 1.165) is 99.3 Å². The molecule has 5 rings (SSSR count). The number of hydrogen-bond acceptors (Lipinski definition) is 4. The van der Waals surface area contributed by atoms with Crippen LogP contribution in [-0.4, -0.2) is 60.0 Å². The van der Waals surface area contributed by atoms with Gasteiger partial charge >= 0.3 is 0 Å². The van der Waals surface area contributed by atoms with Gasteiger partial charge in [0.25, 0.3) is 0 Å². The van der Waals surface area contributed by atoms with Gasteiger partial charge in [-0.3, -0.25) is 9.69 Å². The Morgan fingerprint density at radius 1 is 1.00 bits per heavy atom. The topological polar surface area (TPSA) is 37.7 Å². The van der Waals surface area contributed by atoms with Crippen molar-refractivity contribution in [3.05, 3.63) is 101 Å². The summed E-state index contributed by atoms with van der Waals surface area (Å²) in [5.41, 5.74) is 5.49. The van der Waals surface area contributed by atoms with Crippen molar-refractivity contribution < 1.29 is 13.9 Å². The zero-order chi connectivity index (χ0) is 28.6. The van der Waals surface area contributed by atoms with Gasteiger partial charge in [0.05, 0.1) is 12.6 Å². The van der Waals surface area contributed by atoms with Crippen LogP contribution in [0.3, 0.4) is 0 Å². The summed E-state index contributed by atoms with van der Waals surface area (Å²) in [4.78, 5) is 18.5. The van der Waals surface area contributed by atoms with E-state index in [-0.39, 0.29) is 11.6 Å². The van der Waals surface area contributed by atoms with Crippen molar-refractivity contribution in [2.24, 2.45) is 0 Å². The fraction of sp³-hybridized carbons (Fsp3) is 0.400. The molecule has 0 bridgehead atoms. The van der Waals surface area contributed by atoms with Gasteiger partial charge in [0.15, 0.2) is 5.78 Å². The molecule has 1 aliphatic carbocycles. The highest BCUT2D eigenvalue weighted by Crippen LogP contribution is 2.31. The lowest BCUT2D eigenvalue weighted by molar-refractivity contribution is 0.0984. The molecular formula is C35H42FN3O2. The van der Waals surface area contributed by atoms with E-state index in [1.807, 2.05) is 30.3 Å². The molecule has 216 valence electrons. The number of Topliss-reactive ketones (excluding diaryl/α,β-unsaturated/α-hetero) is 1. The van der Waals surface area contributed by atoms with Gasteiger partial charge in [-0.2, -0.15) is 0 Å². The number of allylic oxidation sites excluding steroid dienone is 6. The molecule has 0 spiro atoms. The van der Waals surface area contributed by atoms with Crippen molar-refractivity contribution in [3.63, 3.8) is 0 Å². The number of aromatic nitrogens is 1. The van der Waals surface area contributed by atoms with Crippen LogP contribution in [0.4, 0.5) is 4.39 Å². The molecule has 1 aromatic heterocycles. The van der Waals surface area contributed by atoms with Gasteiger partial charge < -0.3 is 14.2 Å². The Bertz CT molecular complexity index is 1430. The molecule has 41 heavy (non-hydrogen) atoms. The van der Waals surface area contributed by atoms with Crippen molar-refractivity contribution >= 4 is 16.7 Å². The van der Waals surface area contributed by atoms with Gasteiger partial charge in [-0.05, 0) is 76.0 Å². The van der Waals surface area contributed by atoms with Gasteiger partial charge in [0.2, 0.25) is 0 Å². The molecule has 0 atom stereocenters. The Hall–Kier alpha value is -3.48. The molecule has 1 saturated heterocycles. The zero-order valence-electron chi connectivity index (χ0n) is 24.4. The van der Waals surface area contributed by atoms with E-state index in [2.05, 4.69) is 51.8 Å². The lowest BCUT2D eigenvalue weighted by Gasteiger charge is -2.22. The smallest absolute Gasteiger partial charge is 0.165 e. The molecule has 1 fully saturated rings. The third-order valence-electron chi connectivity index (χ3n) is 8.24.